The largest absolute Gasteiger partial charge is 0.409 e. The van der Waals surface area contributed by atoms with Gasteiger partial charge in [-0.3, -0.25) is 4.40 Å². The Labute approximate surface area is 78.3 Å². The highest BCUT2D eigenvalue weighted by molar-refractivity contribution is 5.96. The van der Waals surface area contributed by atoms with Crippen LogP contribution in [0.2, 0.25) is 0 Å². The molecule has 0 amide bonds. The Morgan fingerprint density at radius 3 is 3.14 bits per heavy atom. The number of nitrogens with two attached hydrogens (primary N) is 1. The van der Waals surface area contributed by atoms with Crippen molar-refractivity contribution in [2.24, 2.45) is 10.9 Å². The molecule has 0 unspecified atom stereocenters. The molecule has 3 N–H and O–H groups in total. The third-order valence-electron chi connectivity index (χ3n) is 1.86. The molecule has 2 rings (SSSR count). The van der Waals surface area contributed by atoms with E-state index in [0.29, 0.717) is 5.69 Å². The molecule has 0 saturated carbocycles. The first kappa shape index (κ1) is 8.49. The minimum Gasteiger partial charge on any atom is -0.409 e. The van der Waals surface area contributed by atoms with Crippen LogP contribution in [0.15, 0.2) is 29.7 Å². The Balaban J connectivity index is 2.76. The molecule has 2 aromatic rings. The van der Waals surface area contributed by atoms with E-state index in [-0.39, 0.29) is 11.5 Å². The van der Waals surface area contributed by atoms with E-state index in [1.165, 1.54) is 22.7 Å². The molecule has 14 heavy (non-hydrogen) atoms. The van der Waals surface area contributed by atoms with Crippen LogP contribution in [0.5, 0.6) is 0 Å². The van der Waals surface area contributed by atoms with Crippen molar-refractivity contribution < 1.29 is 9.60 Å². The van der Waals surface area contributed by atoms with Crippen LogP contribution in [0, 0.1) is 5.82 Å². The maximum absolute atomic E-state index is 13.1. The molecule has 0 aliphatic heterocycles. The SMILES string of the molecule is N/C(=N/O)c1cnc2c(F)cccn12. The first-order valence-electron chi connectivity index (χ1n) is 3.83. The lowest BCUT2D eigenvalue weighted by Gasteiger charge is -1.98. The molecule has 0 aliphatic carbocycles. The van der Waals surface area contributed by atoms with Gasteiger partial charge in [-0.25, -0.2) is 9.37 Å². The van der Waals surface area contributed by atoms with Crippen LogP contribution in [0.4, 0.5) is 4.39 Å². The summed E-state index contributed by atoms with van der Waals surface area (Å²) in [6, 6.07) is 2.80. The number of halogens is 1. The molecule has 72 valence electrons. The lowest BCUT2D eigenvalue weighted by atomic mass is 10.4. The van der Waals surface area contributed by atoms with E-state index >= 15 is 0 Å². The third-order valence-corrected chi connectivity index (χ3v) is 1.86. The molecule has 6 heteroatoms. The first-order chi connectivity index (χ1) is 6.74. The number of rotatable bonds is 1. The lowest BCUT2D eigenvalue weighted by molar-refractivity contribution is 0.318. The van der Waals surface area contributed by atoms with Crippen molar-refractivity contribution in [2.75, 3.05) is 0 Å². The quantitative estimate of drug-likeness (QED) is 0.301. The van der Waals surface area contributed by atoms with E-state index in [1.807, 2.05) is 0 Å². The molecule has 5 nitrogen and oxygen atoms in total. The van der Waals surface area contributed by atoms with E-state index in [1.54, 1.807) is 6.20 Å². The second kappa shape index (κ2) is 2.99. The average Bonchev–Trinajstić information content (AvgIpc) is 2.62. The Morgan fingerprint density at radius 2 is 2.43 bits per heavy atom. The molecular weight excluding hydrogens is 187 g/mol. The molecule has 0 atom stereocenters. The minimum absolute atomic E-state index is 0.108. The van der Waals surface area contributed by atoms with Gasteiger partial charge in [0.15, 0.2) is 17.3 Å². The van der Waals surface area contributed by atoms with Crippen molar-refractivity contribution in [1.29, 1.82) is 0 Å². The van der Waals surface area contributed by atoms with Gasteiger partial charge in [-0.15, -0.1) is 0 Å². The fourth-order valence-electron chi connectivity index (χ4n) is 1.22. The molecule has 0 aromatic carbocycles. The van der Waals surface area contributed by atoms with E-state index < -0.39 is 5.82 Å². The van der Waals surface area contributed by atoms with Crippen molar-refractivity contribution >= 4 is 11.5 Å². The monoisotopic (exact) mass is 194 g/mol. The van der Waals surface area contributed by atoms with Gasteiger partial charge < -0.3 is 10.9 Å². The Kier molecular flexibility index (Phi) is 1.81. The summed E-state index contributed by atoms with van der Waals surface area (Å²) in [6.07, 6.45) is 2.92. The second-order valence-electron chi connectivity index (χ2n) is 2.68. The summed E-state index contributed by atoms with van der Waals surface area (Å²) in [6.45, 7) is 0. The number of hydrogen-bond acceptors (Lipinski definition) is 3. The fourth-order valence-corrected chi connectivity index (χ4v) is 1.22. The number of oxime groups is 1. The van der Waals surface area contributed by atoms with Crippen LogP contribution in [-0.2, 0) is 0 Å². The smallest absolute Gasteiger partial charge is 0.188 e. The minimum atomic E-state index is -0.454. The van der Waals surface area contributed by atoms with E-state index in [9.17, 15) is 4.39 Å². The molecule has 0 fully saturated rings. The van der Waals surface area contributed by atoms with Crippen LogP contribution >= 0.6 is 0 Å². The van der Waals surface area contributed by atoms with Crippen molar-refractivity contribution in [3.05, 3.63) is 36.0 Å². The number of hydrogen-bond donors (Lipinski definition) is 2. The molecule has 2 aromatic heterocycles. The van der Waals surface area contributed by atoms with E-state index in [0.717, 1.165) is 0 Å². The lowest BCUT2D eigenvalue weighted by Crippen LogP contribution is -2.15. The Morgan fingerprint density at radius 1 is 1.64 bits per heavy atom. The summed E-state index contributed by atoms with van der Waals surface area (Å²) >= 11 is 0. The van der Waals surface area contributed by atoms with Crippen molar-refractivity contribution in [2.45, 2.75) is 0 Å². The highest BCUT2D eigenvalue weighted by atomic mass is 19.1. The third kappa shape index (κ3) is 1.08. The zero-order valence-electron chi connectivity index (χ0n) is 7.05. The van der Waals surface area contributed by atoms with Gasteiger partial charge in [0.1, 0.15) is 5.69 Å². The summed E-state index contributed by atoms with van der Waals surface area (Å²) in [4.78, 5) is 3.80. The molecule has 0 radical (unpaired) electrons. The highest BCUT2D eigenvalue weighted by Crippen LogP contribution is 2.09. The standard InChI is InChI=1S/C8H7FN4O/c9-5-2-1-3-13-6(7(10)12-14)4-11-8(5)13/h1-4,14H,(H2,10,12). The van der Waals surface area contributed by atoms with Gasteiger partial charge in [0.25, 0.3) is 0 Å². The van der Waals surface area contributed by atoms with Crippen LogP contribution in [0.3, 0.4) is 0 Å². The number of fused-ring (bicyclic) bond motifs is 1. The second-order valence-corrected chi connectivity index (χ2v) is 2.68. The number of nitrogens with zero attached hydrogens (tertiary/aromatic N) is 3. The van der Waals surface area contributed by atoms with Crippen LogP contribution in [-0.4, -0.2) is 20.4 Å². The molecule has 0 spiro atoms. The molecule has 0 aliphatic rings. The van der Waals surface area contributed by atoms with Gasteiger partial charge >= 0.3 is 0 Å². The summed E-state index contributed by atoms with van der Waals surface area (Å²) in [5.41, 5.74) is 5.87. The highest BCUT2D eigenvalue weighted by Gasteiger charge is 2.09. The summed E-state index contributed by atoms with van der Waals surface area (Å²) in [5.74, 6) is -0.562. The maximum atomic E-state index is 13.1. The van der Waals surface area contributed by atoms with E-state index in [2.05, 4.69) is 10.1 Å². The van der Waals surface area contributed by atoms with Gasteiger partial charge in [0.2, 0.25) is 0 Å². The van der Waals surface area contributed by atoms with E-state index in [4.69, 9.17) is 10.9 Å². The number of amidine groups is 1. The van der Waals surface area contributed by atoms with Crippen molar-refractivity contribution in [3.8, 4) is 0 Å². The first-order valence-corrected chi connectivity index (χ1v) is 3.83. The predicted octanol–water partition coefficient (Wildman–Crippen LogP) is 0.568. The van der Waals surface area contributed by atoms with Gasteiger partial charge in [-0.1, -0.05) is 5.16 Å². The summed E-state index contributed by atoms with van der Waals surface area (Å²) < 4.78 is 14.5. The normalized spacial score (nSPS) is 12.2. The van der Waals surface area contributed by atoms with Crippen molar-refractivity contribution in [1.82, 2.24) is 9.38 Å². The average molecular weight is 194 g/mol. The van der Waals surface area contributed by atoms with Gasteiger partial charge in [-0.2, -0.15) is 0 Å². The van der Waals surface area contributed by atoms with Gasteiger partial charge in [-0.05, 0) is 12.1 Å². The summed E-state index contributed by atoms with van der Waals surface area (Å²) in [5, 5.41) is 11.3. The van der Waals surface area contributed by atoms with Gasteiger partial charge in [0.05, 0.1) is 6.20 Å². The fraction of sp³-hybridized carbons (Fsp3) is 0. The van der Waals surface area contributed by atoms with Gasteiger partial charge in [0, 0.05) is 6.20 Å². The zero-order chi connectivity index (χ0) is 10.1. The number of aromatic nitrogens is 2. The maximum Gasteiger partial charge on any atom is 0.188 e. The molecule has 2 heterocycles. The Bertz CT molecular complexity index is 505. The van der Waals surface area contributed by atoms with Crippen LogP contribution < -0.4 is 5.73 Å². The Hall–Kier alpha value is -2.11. The summed E-state index contributed by atoms with van der Waals surface area (Å²) in [7, 11) is 0. The van der Waals surface area contributed by atoms with Crippen molar-refractivity contribution in [3.63, 3.8) is 0 Å². The predicted molar refractivity (Wildman–Crippen MR) is 47.7 cm³/mol. The van der Waals surface area contributed by atoms with Crippen LogP contribution in [0.1, 0.15) is 5.69 Å². The molecule has 0 bridgehead atoms. The molecule has 0 saturated heterocycles. The molecular formula is C8H7FN4O. The number of pyridine rings is 1. The van der Waals surface area contributed by atoms with Crippen LogP contribution in [0.25, 0.3) is 5.65 Å². The number of imidazole rings is 1. The topological polar surface area (TPSA) is 75.9 Å². The zero-order valence-corrected chi connectivity index (χ0v) is 7.05.